The molecule has 2 nitrogen and oxygen atoms in total. The Labute approximate surface area is 100 Å². The lowest BCUT2D eigenvalue weighted by Gasteiger charge is -2.06. The number of H-pyrrole nitrogens is 1. The summed E-state index contributed by atoms with van der Waals surface area (Å²) >= 11 is 0. The second-order valence-electron chi connectivity index (χ2n) is 4.07. The maximum atomic E-state index is 3.45. The molecule has 0 bridgehead atoms. The average Bonchev–Trinajstić information content (AvgIpc) is 2.82. The van der Waals surface area contributed by atoms with E-state index in [9.17, 15) is 0 Å². The first-order valence-corrected chi connectivity index (χ1v) is 5.73. The predicted molar refractivity (Wildman–Crippen MR) is 73.3 cm³/mol. The maximum absolute atomic E-state index is 3.45. The zero-order valence-electron chi connectivity index (χ0n) is 9.70. The van der Waals surface area contributed by atoms with Gasteiger partial charge in [-0.25, -0.2) is 0 Å². The van der Waals surface area contributed by atoms with Gasteiger partial charge in [-0.1, -0.05) is 36.4 Å². The first-order valence-electron chi connectivity index (χ1n) is 5.73. The third-order valence-electron chi connectivity index (χ3n) is 3.02. The van der Waals surface area contributed by atoms with Crippen molar-refractivity contribution in [2.75, 3.05) is 12.4 Å². The molecular formula is C15H14N2. The van der Waals surface area contributed by atoms with Crippen molar-refractivity contribution in [3.8, 4) is 11.3 Å². The van der Waals surface area contributed by atoms with E-state index in [0.717, 1.165) is 11.4 Å². The number of anilines is 1. The molecule has 0 atom stereocenters. The van der Waals surface area contributed by atoms with Crippen molar-refractivity contribution in [1.82, 2.24) is 4.98 Å². The average molecular weight is 222 g/mol. The predicted octanol–water partition coefficient (Wildman–Crippen LogP) is 3.88. The summed E-state index contributed by atoms with van der Waals surface area (Å²) < 4.78 is 0. The molecule has 0 fully saturated rings. The molecule has 0 unspecified atom stereocenters. The monoisotopic (exact) mass is 222 g/mol. The molecule has 0 saturated carbocycles. The topological polar surface area (TPSA) is 27.8 Å². The van der Waals surface area contributed by atoms with Gasteiger partial charge in [0.1, 0.15) is 0 Å². The van der Waals surface area contributed by atoms with Crippen molar-refractivity contribution in [2.45, 2.75) is 0 Å². The molecule has 17 heavy (non-hydrogen) atoms. The highest BCUT2D eigenvalue weighted by Gasteiger charge is 2.06. The molecule has 0 aliphatic rings. The number of aromatic nitrogens is 1. The van der Waals surface area contributed by atoms with E-state index in [4.69, 9.17) is 0 Å². The molecule has 1 aromatic heterocycles. The minimum absolute atomic E-state index is 1.14. The van der Waals surface area contributed by atoms with Gasteiger partial charge in [0, 0.05) is 34.9 Å². The van der Waals surface area contributed by atoms with Crippen LogP contribution in [0.25, 0.3) is 22.2 Å². The van der Waals surface area contributed by atoms with Gasteiger partial charge in [-0.3, -0.25) is 0 Å². The SMILES string of the molecule is CNc1ccccc1-c1cc2ccccc2[nH]1. The Morgan fingerprint density at radius 3 is 2.53 bits per heavy atom. The van der Waals surface area contributed by atoms with Gasteiger partial charge in [0.05, 0.1) is 0 Å². The molecule has 0 aliphatic carbocycles. The fourth-order valence-corrected chi connectivity index (χ4v) is 2.15. The molecule has 3 rings (SSSR count). The number of rotatable bonds is 2. The summed E-state index contributed by atoms with van der Waals surface area (Å²) in [5, 5.41) is 4.46. The van der Waals surface area contributed by atoms with E-state index in [1.54, 1.807) is 0 Å². The van der Waals surface area contributed by atoms with Crippen LogP contribution in [0.3, 0.4) is 0 Å². The van der Waals surface area contributed by atoms with Crippen LogP contribution in [-0.2, 0) is 0 Å². The smallest absolute Gasteiger partial charge is 0.0485 e. The lowest BCUT2D eigenvalue weighted by Crippen LogP contribution is -1.91. The molecule has 0 spiro atoms. The van der Waals surface area contributed by atoms with Crippen LogP contribution in [0.15, 0.2) is 54.6 Å². The fourth-order valence-electron chi connectivity index (χ4n) is 2.15. The molecule has 0 amide bonds. The lowest BCUT2D eigenvalue weighted by atomic mass is 10.1. The fraction of sp³-hybridized carbons (Fsp3) is 0.0667. The largest absolute Gasteiger partial charge is 0.388 e. The third kappa shape index (κ3) is 1.68. The van der Waals surface area contributed by atoms with Crippen molar-refractivity contribution in [3.63, 3.8) is 0 Å². The van der Waals surface area contributed by atoms with Crippen LogP contribution in [0.1, 0.15) is 0 Å². The Balaban J connectivity index is 2.20. The first kappa shape index (κ1) is 9.97. The Morgan fingerprint density at radius 2 is 1.71 bits per heavy atom. The van der Waals surface area contributed by atoms with Gasteiger partial charge in [-0.15, -0.1) is 0 Å². The van der Waals surface area contributed by atoms with Gasteiger partial charge < -0.3 is 10.3 Å². The zero-order chi connectivity index (χ0) is 11.7. The minimum atomic E-state index is 1.14. The van der Waals surface area contributed by atoms with E-state index in [1.165, 1.54) is 16.5 Å². The van der Waals surface area contributed by atoms with Crippen molar-refractivity contribution in [2.24, 2.45) is 0 Å². The number of fused-ring (bicyclic) bond motifs is 1. The third-order valence-corrected chi connectivity index (χ3v) is 3.02. The molecule has 0 saturated heterocycles. The molecule has 3 aromatic rings. The van der Waals surface area contributed by atoms with Crippen molar-refractivity contribution in [3.05, 3.63) is 54.6 Å². The van der Waals surface area contributed by atoms with Crippen molar-refractivity contribution >= 4 is 16.6 Å². The molecule has 2 heteroatoms. The van der Waals surface area contributed by atoms with Crippen LogP contribution >= 0.6 is 0 Å². The molecule has 2 aromatic carbocycles. The summed E-state index contributed by atoms with van der Waals surface area (Å²) in [6.45, 7) is 0. The molecule has 0 radical (unpaired) electrons. The van der Waals surface area contributed by atoms with Gasteiger partial charge in [0.15, 0.2) is 0 Å². The second-order valence-corrected chi connectivity index (χ2v) is 4.07. The Hall–Kier alpha value is -2.22. The molecule has 1 heterocycles. The highest BCUT2D eigenvalue weighted by molar-refractivity contribution is 5.88. The van der Waals surface area contributed by atoms with Crippen LogP contribution in [0.5, 0.6) is 0 Å². The van der Waals surface area contributed by atoms with Crippen LogP contribution in [-0.4, -0.2) is 12.0 Å². The van der Waals surface area contributed by atoms with Gasteiger partial charge >= 0.3 is 0 Å². The van der Waals surface area contributed by atoms with Crippen LogP contribution in [0.2, 0.25) is 0 Å². The first-order chi connectivity index (χ1) is 8.38. The number of hydrogen-bond acceptors (Lipinski definition) is 1. The number of benzene rings is 2. The summed E-state index contributed by atoms with van der Waals surface area (Å²) in [5.74, 6) is 0. The van der Waals surface area contributed by atoms with Gasteiger partial charge in [0.25, 0.3) is 0 Å². The number of para-hydroxylation sites is 2. The number of hydrogen-bond donors (Lipinski definition) is 2. The van der Waals surface area contributed by atoms with E-state index >= 15 is 0 Å². The second kappa shape index (κ2) is 3.98. The van der Waals surface area contributed by atoms with E-state index in [2.05, 4.69) is 52.8 Å². The summed E-state index contributed by atoms with van der Waals surface area (Å²) in [4.78, 5) is 3.45. The normalized spacial score (nSPS) is 10.6. The van der Waals surface area contributed by atoms with Gasteiger partial charge in [0.2, 0.25) is 0 Å². The van der Waals surface area contributed by atoms with Gasteiger partial charge in [-0.05, 0) is 18.2 Å². The van der Waals surface area contributed by atoms with Crippen molar-refractivity contribution < 1.29 is 0 Å². The quantitative estimate of drug-likeness (QED) is 0.676. The maximum Gasteiger partial charge on any atom is 0.0485 e. The Morgan fingerprint density at radius 1 is 0.941 bits per heavy atom. The number of nitrogens with one attached hydrogen (secondary N) is 2. The van der Waals surface area contributed by atoms with Gasteiger partial charge in [-0.2, -0.15) is 0 Å². The zero-order valence-corrected chi connectivity index (χ0v) is 9.70. The standard InChI is InChI=1S/C15H14N2/c1-16-14-9-5-3-7-12(14)15-10-11-6-2-4-8-13(11)17-15/h2-10,16-17H,1H3. The molecule has 84 valence electrons. The Kier molecular flexibility index (Phi) is 2.33. The summed E-state index contributed by atoms with van der Waals surface area (Å²) in [6, 6.07) is 18.8. The highest BCUT2D eigenvalue weighted by Crippen LogP contribution is 2.29. The number of aromatic amines is 1. The highest BCUT2D eigenvalue weighted by atomic mass is 14.8. The minimum Gasteiger partial charge on any atom is -0.388 e. The summed E-state index contributed by atoms with van der Waals surface area (Å²) in [7, 11) is 1.95. The summed E-state index contributed by atoms with van der Waals surface area (Å²) in [5.41, 5.74) is 4.66. The van der Waals surface area contributed by atoms with Crippen LogP contribution in [0.4, 0.5) is 5.69 Å². The lowest BCUT2D eigenvalue weighted by molar-refractivity contribution is 1.43. The van der Waals surface area contributed by atoms with Crippen LogP contribution in [0, 0.1) is 0 Å². The molecular weight excluding hydrogens is 208 g/mol. The van der Waals surface area contributed by atoms with E-state index in [-0.39, 0.29) is 0 Å². The van der Waals surface area contributed by atoms with Crippen molar-refractivity contribution in [1.29, 1.82) is 0 Å². The Bertz CT molecular complexity index is 620. The van der Waals surface area contributed by atoms with E-state index < -0.39 is 0 Å². The molecule has 2 N–H and O–H groups in total. The summed E-state index contributed by atoms with van der Waals surface area (Å²) in [6.07, 6.45) is 0. The molecule has 0 aliphatic heterocycles. The van der Waals surface area contributed by atoms with E-state index in [0.29, 0.717) is 0 Å². The van der Waals surface area contributed by atoms with Crippen LogP contribution < -0.4 is 5.32 Å². The van der Waals surface area contributed by atoms with E-state index in [1.807, 2.05) is 19.2 Å².